The minimum absolute atomic E-state index is 0. The van der Waals surface area contributed by atoms with E-state index in [1.54, 1.807) is 0 Å². The lowest BCUT2D eigenvalue weighted by molar-refractivity contribution is -0.156. The number of nitrogens with zero attached hydrogens (tertiary/aromatic N) is 1. The van der Waals surface area contributed by atoms with Gasteiger partial charge in [0.15, 0.2) is 0 Å². The lowest BCUT2D eigenvalue weighted by Crippen LogP contribution is -2.31. The predicted octanol–water partition coefficient (Wildman–Crippen LogP) is 3.11. The molecular formula is C13H32N2O2. The predicted molar refractivity (Wildman–Crippen MR) is 74.6 cm³/mol. The number of ether oxygens (including phenoxy) is 1. The molecule has 0 aromatic heterocycles. The van der Waals surface area contributed by atoms with E-state index in [-0.39, 0.29) is 17.5 Å². The third-order valence-electron chi connectivity index (χ3n) is 2.74. The van der Waals surface area contributed by atoms with E-state index in [0.29, 0.717) is 6.61 Å². The summed E-state index contributed by atoms with van der Waals surface area (Å²) in [7, 11) is 6.00. The van der Waals surface area contributed by atoms with Crippen LogP contribution in [0, 0.1) is 5.41 Å². The minimum Gasteiger partial charge on any atom is -0.466 e. The fourth-order valence-electron chi connectivity index (χ4n) is 1.47. The number of hydrogen-bond donors (Lipinski definition) is 1. The number of rotatable bonds is 5. The Kier molecular flexibility index (Phi) is 15.1. The molecule has 0 amide bonds. The highest BCUT2D eigenvalue weighted by Crippen LogP contribution is 2.31. The first-order valence-electron chi connectivity index (χ1n) is 6.18. The van der Waals surface area contributed by atoms with E-state index >= 15 is 0 Å². The van der Waals surface area contributed by atoms with Gasteiger partial charge in [0.25, 0.3) is 0 Å². The molecule has 0 saturated heterocycles. The molecule has 0 atom stereocenters. The molecule has 0 bridgehead atoms. The molecule has 0 aliphatic heterocycles. The summed E-state index contributed by atoms with van der Waals surface area (Å²) >= 11 is 0. The Morgan fingerprint density at radius 2 is 1.29 bits per heavy atom. The van der Waals surface area contributed by atoms with Crippen molar-refractivity contribution < 1.29 is 9.53 Å². The second-order valence-corrected chi connectivity index (χ2v) is 4.40. The minimum atomic E-state index is -0.226. The van der Waals surface area contributed by atoms with Gasteiger partial charge in [0, 0.05) is 0 Å². The van der Waals surface area contributed by atoms with Crippen molar-refractivity contribution in [2.24, 2.45) is 5.41 Å². The van der Waals surface area contributed by atoms with Crippen LogP contribution in [0.1, 0.15) is 47.0 Å². The van der Waals surface area contributed by atoms with Crippen LogP contribution in [0.5, 0.6) is 0 Å². The zero-order valence-corrected chi connectivity index (χ0v) is 12.8. The summed E-state index contributed by atoms with van der Waals surface area (Å²) in [4.78, 5) is 13.5. The summed E-state index contributed by atoms with van der Waals surface area (Å²) in [5.74, 6) is -0.0301. The molecule has 17 heavy (non-hydrogen) atoms. The second-order valence-electron chi connectivity index (χ2n) is 4.40. The lowest BCUT2D eigenvalue weighted by Gasteiger charge is -2.27. The van der Waals surface area contributed by atoms with E-state index in [1.807, 2.05) is 53.7 Å². The van der Waals surface area contributed by atoms with Gasteiger partial charge in [0.2, 0.25) is 0 Å². The zero-order chi connectivity index (χ0) is 13.2. The summed E-state index contributed by atoms with van der Waals surface area (Å²) in [5.41, 5.74) is -0.226. The second kappa shape index (κ2) is 11.9. The number of esters is 1. The Hall–Kier alpha value is -0.610. The quantitative estimate of drug-likeness (QED) is 0.759. The summed E-state index contributed by atoms with van der Waals surface area (Å²) in [6.07, 6.45) is 2.62. The van der Waals surface area contributed by atoms with Gasteiger partial charge in [-0.05, 0) is 47.3 Å². The Morgan fingerprint density at radius 3 is 1.47 bits per heavy atom. The van der Waals surface area contributed by atoms with Crippen LogP contribution in [0.2, 0.25) is 0 Å². The molecule has 0 rings (SSSR count). The van der Waals surface area contributed by atoms with Crippen LogP contribution in [-0.2, 0) is 9.53 Å². The Bertz CT molecular complexity index is 167. The van der Waals surface area contributed by atoms with Crippen LogP contribution in [0.25, 0.3) is 0 Å². The van der Waals surface area contributed by atoms with Crippen molar-refractivity contribution in [1.82, 2.24) is 11.1 Å². The van der Waals surface area contributed by atoms with Crippen LogP contribution < -0.4 is 6.15 Å². The van der Waals surface area contributed by atoms with E-state index in [4.69, 9.17) is 4.74 Å². The number of carbonyl (C=O) groups is 1. The Morgan fingerprint density at radius 1 is 1.00 bits per heavy atom. The van der Waals surface area contributed by atoms with Gasteiger partial charge in [-0.2, -0.15) is 0 Å². The van der Waals surface area contributed by atoms with Crippen LogP contribution in [0.3, 0.4) is 0 Å². The SMILES string of the molecule is CCOC(=O)C(CC)(CC)CC.CN(C)C.N. The highest BCUT2D eigenvalue weighted by Gasteiger charge is 2.33. The van der Waals surface area contributed by atoms with Crippen LogP contribution in [0.4, 0.5) is 0 Å². The average molecular weight is 248 g/mol. The average Bonchev–Trinajstić information content (AvgIpc) is 2.21. The van der Waals surface area contributed by atoms with Crippen LogP contribution >= 0.6 is 0 Å². The van der Waals surface area contributed by atoms with Crippen LogP contribution in [-0.4, -0.2) is 38.6 Å². The van der Waals surface area contributed by atoms with Crippen molar-refractivity contribution in [3.63, 3.8) is 0 Å². The topological polar surface area (TPSA) is 64.5 Å². The van der Waals surface area contributed by atoms with Crippen molar-refractivity contribution in [2.75, 3.05) is 27.7 Å². The summed E-state index contributed by atoms with van der Waals surface area (Å²) in [5, 5.41) is 0. The maximum Gasteiger partial charge on any atom is 0.312 e. The zero-order valence-electron chi connectivity index (χ0n) is 12.8. The van der Waals surface area contributed by atoms with Gasteiger partial charge in [-0.25, -0.2) is 0 Å². The van der Waals surface area contributed by atoms with Gasteiger partial charge in [-0.15, -0.1) is 0 Å². The largest absolute Gasteiger partial charge is 0.466 e. The van der Waals surface area contributed by atoms with E-state index in [2.05, 4.69) is 0 Å². The summed E-state index contributed by atoms with van der Waals surface area (Å²) in [6.45, 7) is 8.47. The number of hydrogen-bond acceptors (Lipinski definition) is 4. The molecule has 0 aliphatic carbocycles. The van der Waals surface area contributed by atoms with E-state index in [9.17, 15) is 4.79 Å². The highest BCUT2D eigenvalue weighted by molar-refractivity contribution is 5.76. The monoisotopic (exact) mass is 248 g/mol. The van der Waals surface area contributed by atoms with Gasteiger partial charge in [-0.1, -0.05) is 20.8 Å². The van der Waals surface area contributed by atoms with Crippen molar-refractivity contribution >= 4 is 5.97 Å². The van der Waals surface area contributed by atoms with Gasteiger partial charge in [0.05, 0.1) is 12.0 Å². The molecule has 0 unspecified atom stereocenters. The third-order valence-corrected chi connectivity index (χ3v) is 2.74. The Balaban J connectivity index is -0.000000340. The molecule has 3 N–H and O–H groups in total. The molecule has 0 heterocycles. The van der Waals surface area contributed by atoms with Gasteiger partial charge in [0.1, 0.15) is 0 Å². The standard InChI is InChI=1S/C10H20O2.C3H9N.H3N/c1-5-10(6-2,7-3)9(11)12-8-4;1-4(2)3;/h5-8H2,1-4H3;1-3H3;1H3. The van der Waals surface area contributed by atoms with E-state index in [1.165, 1.54) is 0 Å². The maximum absolute atomic E-state index is 11.5. The third kappa shape index (κ3) is 9.12. The van der Waals surface area contributed by atoms with Gasteiger partial charge >= 0.3 is 5.97 Å². The van der Waals surface area contributed by atoms with E-state index in [0.717, 1.165) is 19.3 Å². The van der Waals surface area contributed by atoms with Crippen molar-refractivity contribution in [3.8, 4) is 0 Å². The van der Waals surface area contributed by atoms with Crippen molar-refractivity contribution in [2.45, 2.75) is 47.0 Å². The molecule has 4 heteroatoms. The Labute approximate surface area is 107 Å². The van der Waals surface area contributed by atoms with Crippen molar-refractivity contribution in [1.29, 1.82) is 0 Å². The molecule has 0 radical (unpaired) electrons. The lowest BCUT2D eigenvalue weighted by atomic mass is 9.80. The first kappa shape index (κ1) is 21.7. The molecule has 0 aliphatic rings. The van der Waals surface area contributed by atoms with E-state index < -0.39 is 0 Å². The summed E-state index contributed by atoms with van der Waals surface area (Å²) in [6, 6.07) is 0. The molecule has 4 nitrogen and oxygen atoms in total. The number of carbonyl (C=O) groups excluding carboxylic acids is 1. The van der Waals surface area contributed by atoms with Crippen molar-refractivity contribution in [3.05, 3.63) is 0 Å². The highest BCUT2D eigenvalue weighted by atomic mass is 16.5. The first-order chi connectivity index (χ1) is 7.40. The summed E-state index contributed by atoms with van der Waals surface area (Å²) < 4.78 is 5.04. The molecule has 0 aromatic rings. The molecular weight excluding hydrogens is 216 g/mol. The normalized spacial score (nSPS) is 10.1. The fourth-order valence-corrected chi connectivity index (χ4v) is 1.47. The maximum atomic E-state index is 11.5. The molecule has 0 fully saturated rings. The first-order valence-corrected chi connectivity index (χ1v) is 6.18. The van der Waals surface area contributed by atoms with Gasteiger partial charge < -0.3 is 15.8 Å². The molecule has 0 aromatic carbocycles. The fraction of sp³-hybridized carbons (Fsp3) is 0.923. The van der Waals surface area contributed by atoms with Gasteiger partial charge in [-0.3, -0.25) is 4.79 Å². The molecule has 0 spiro atoms. The molecule has 106 valence electrons. The van der Waals surface area contributed by atoms with Crippen LogP contribution in [0.15, 0.2) is 0 Å². The smallest absolute Gasteiger partial charge is 0.312 e. The molecule has 0 saturated carbocycles.